The van der Waals surface area contributed by atoms with Crippen LogP contribution < -0.4 is 20.3 Å². The van der Waals surface area contributed by atoms with Crippen LogP contribution in [0.2, 0.25) is 0 Å². The first-order chi connectivity index (χ1) is 24.4. The van der Waals surface area contributed by atoms with E-state index >= 15 is 0 Å². The molecule has 0 unspecified atom stereocenters. The fourth-order valence-corrected chi connectivity index (χ4v) is 5.86. The van der Waals surface area contributed by atoms with E-state index in [1.807, 2.05) is 60.7 Å². The molecule has 50 heavy (non-hydrogen) atoms. The number of benzene rings is 5. The lowest BCUT2D eigenvalue weighted by atomic mass is 10.1. The first kappa shape index (κ1) is 32.0. The average Bonchev–Trinajstić information content (AvgIpc) is 3.14. The van der Waals surface area contributed by atoms with E-state index < -0.39 is 0 Å². The molecule has 2 aromatic heterocycles. The van der Waals surface area contributed by atoms with Gasteiger partial charge >= 0.3 is 11.9 Å². The zero-order chi connectivity index (χ0) is 34.5. The van der Waals surface area contributed by atoms with Gasteiger partial charge in [0.2, 0.25) is 0 Å². The number of nitrogens with one attached hydrogen (secondary N) is 2. The number of esters is 2. The number of rotatable bonds is 10. The molecule has 0 saturated heterocycles. The zero-order valence-corrected chi connectivity index (χ0v) is 27.0. The van der Waals surface area contributed by atoms with E-state index in [-0.39, 0.29) is 35.6 Å². The lowest BCUT2D eigenvalue weighted by Crippen LogP contribution is -2.09. The van der Waals surface area contributed by atoms with Crippen molar-refractivity contribution >= 4 is 33.7 Å². The summed E-state index contributed by atoms with van der Waals surface area (Å²) >= 11 is 0. The molecule has 0 saturated carbocycles. The second-order valence-corrected chi connectivity index (χ2v) is 12.0. The summed E-state index contributed by atoms with van der Waals surface area (Å²) in [6.45, 7) is 0. The third-order valence-electron chi connectivity index (χ3n) is 8.49. The molecule has 8 nitrogen and oxygen atoms in total. The molecule has 7 aromatic rings. The van der Waals surface area contributed by atoms with Crippen LogP contribution in [-0.4, -0.2) is 21.9 Å². The molecule has 2 N–H and O–H groups in total. The lowest BCUT2D eigenvalue weighted by Gasteiger charge is -2.10. The maximum absolute atomic E-state index is 13.3. The highest BCUT2D eigenvalue weighted by atomic mass is 16.5. The van der Waals surface area contributed by atoms with Crippen molar-refractivity contribution in [1.82, 2.24) is 9.97 Å². The van der Waals surface area contributed by atoms with Crippen molar-refractivity contribution in [3.05, 3.63) is 165 Å². The second-order valence-electron chi connectivity index (χ2n) is 12.0. The number of hydrogen-bond donors (Lipinski definition) is 2. The Balaban J connectivity index is 1.05. The summed E-state index contributed by atoms with van der Waals surface area (Å²) in [6, 6.07) is 39.7. The number of pyridine rings is 2. The van der Waals surface area contributed by atoms with E-state index in [0.29, 0.717) is 57.5 Å². The number of hydrogen-bond acceptors (Lipinski definition) is 6. The molecule has 8 heteroatoms. The second kappa shape index (κ2) is 14.3. The van der Waals surface area contributed by atoms with Crippen LogP contribution in [0, 0.1) is 0 Å². The zero-order valence-electron chi connectivity index (χ0n) is 27.0. The van der Waals surface area contributed by atoms with Gasteiger partial charge in [-0.05, 0) is 95.8 Å². The van der Waals surface area contributed by atoms with Gasteiger partial charge in [0.1, 0.15) is 11.5 Å². The van der Waals surface area contributed by atoms with E-state index in [9.17, 15) is 19.2 Å². The number of aromatic amines is 2. The summed E-state index contributed by atoms with van der Waals surface area (Å²) in [5.74, 6) is 0.179. The molecule has 7 rings (SSSR count). The largest absolute Gasteiger partial charge is 0.427 e. The molecule has 0 atom stereocenters. The van der Waals surface area contributed by atoms with Crippen LogP contribution >= 0.6 is 0 Å². The highest BCUT2D eigenvalue weighted by Gasteiger charge is 2.12. The standard InChI is InChI=1S/C42H32N2O6/c45-39-25-35(29-13-17-31(18-14-29)49-41(47)21-11-27-7-3-1-4-8-27)43-37-23-34-38(24-33(37)39)44-36(26-40(34)46)30-15-19-32(20-16-30)50-42(48)22-12-28-9-5-2-6-10-28/h1-10,13-20,23-26H,11-12,21-22H2,(H,43,45)(H,44,46). The highest BCUT2D eigenvalue weighted by Crippen LogP contribution is 2.26. The quantitative estimate of drug-likeness (QED) is 0.0879. The smallest absolute Gasteiger partial charge is 0.311 e. The van der Waals surface area contributed by atoms with E-state index in [0.717, 1.165) is 22.3 Å². The monoisotopic (exact) mass is 660 g/mol. The Morgan fingerprint density at radius 3 is 1.24 bits per heavy atom. The van der Waals surface area contributed by atoms with Crippen molar-refractivity contribution in [2.45, 2.75) is 25.7 Å². The first-order valence-electron chi connectivity index (χ1n) is 16.3. The number of aromatic nitrogens is 2. The Bertz CT molecular complexity index is 2260. The molecule has 0 bridgehead atoms. The molecule has 5 aromatic carbocycles. The van der Waals surface area contributed by atoms with Gasteiger partial charge < -0.3 is 19.4 Å². The van der Waals surface area contributed by atoms with Crippen LogP contribution in [0.5, 0.6) is 11.5 Å². The normalized spacial score (nSPS) is 11.0. The summed E-state index contributed by atoms with van der Waals surface area (Å²) in [6.07, 6.45) is 1.71. The van der Waals surface area contributed by atoms with Crippen molar-refractivity contribution in [2.24, 2.45) is 0 Å². The summed E-state index contributed by atoms with van der Waals surface area (Å²) < 4.78 is 11.0. The van der Waals surface area contributed by atoms with Crippen molar-refractivity contribution in [1.29, 1.82) is 0 Å². The van der Waals surface area contributed by atoms with E-state index in [1.54, 1.807) is 60.7 Å². The van der Waals surface area contributed by atoms with Gasteiger partial charge in [-0.15, -0.1) is 0 Å². The predicted octanol–water partition coefficient (Wildman–Crippen LogP) is 7.78. The van der Waals surface area contributed by atoms with Crippen LogP contribution in [0.25, 0.3) is 44.3 Å². The number of carbonyl (C=O) groups excluding carboxylic acids is 2. The fraction of sp³-hybridized carbons (Fsp3) is 0.0952. The van der Waals surface area contributed by atoms with Gasteiger partial charge in [0, 0.05) is 47.1 Å². The van der Waals surface area contributed by atoms with Gasteiger partial charge in [0.05, 0.1) is 11.0 Å². The summed E-state index contributed by atoms with van der Waals surface area (Å²) in [5, 5.41) is 0.853. The third kappa shape index (κ3) is 7.45. The van der Waals surface area contributed by atoms with Crippen molar-refractivity contribution < 1.29 is 19.1 Å². The maximum Gasteiger partial charge on any atom is 0.311 e. The molecule has 0 aliphatic carbocycles. The summed E-state index contributed by atoms with van der Waals surface area (Å²) in [5.41, 5.74) is 5.34. The molecule has 246 valence electrons. The topological polar surface area (TPSA) is 118 Å². The van der Waals surface area contributed by atoms with E-state index in [4.69, 9.17) is 9.47 Å². The molecule has 0 aliphatic heterocycles. The van der Waals surface area contributed by atoms with Crippen molar-refractivity contribution in [3.8, 4) is 34.0 Å². The number of H-pyrrole nitrogens is 2. The molecular weight excluding hydrogens is 628 g/mol. The Morgan fingerprint density at radius 2 is 0.860 bits per heavy atom. The predicted molar refractivity (Wildman–Crippen MR) is 194 cm³/mol. The Labute approximate surface area is 287 Å². The number of aryl methyl sites for hydroxylation is 2. The van der Waals surface area contributed by atoms with Crippen LogP contribution in [0.1, 0.15) is 24.0 Å². The number of fused-ring (bicyclic) bond motifs is 2. The summed E-state index contributed by atoms with van der Waals surface area (Å²) in [7, 11) is 0. The van der Waals surface area contributed by atoms with Crippen molar-refractivity contribution in [3.63, 3.8) is 0 Å². The van der Waals surface area contributed by atoms with Crippen LogP contribution in [-0.2, 0) is 22.4 Å². The molecule has 0 fully saturated rings. The molecule has 0 aliphatic rings. The van der Waals surface area contributed by atoms with Crippen LogP contribution in [0.15, 0.2) is 143 Å². The first-order valence-corrected chi connectivity index (χ1v) is 16.3. The lowest BCUT2D eigenvalue weighted by molar-refractivity contribution is -0.135. The Kier molecular flexibility index (Phi) is 9.16. The van der Waals surface area contributed by atoms with Crippen molar-refractivity contribution in [2.75, 3.05) is 0 Å². The maximum atomic E-state index is 13.3. The fourth-order valence-electron chi connectivity index (χ4n) is 5.86. The minimum absolute atomic E-state index is 0.211. The van der Waals surface area contributed by atoms with Gasteiger partial charge in [0.15, 0.2) is 10.9 Å². The van der Waals surface area contributed by atoms with Crippen LogP contribution in [0.4, 0.5) is 0 Å². The van der Waals surface area contributed by atoms with E-state index in [1.165, 1.54) is 12.1 Å². The SMILES string of the molecule is O=C(CCc1ccccc1)Oc1ccc(-c2cc(=O)c3cc4[nH]c(-c5ccc(OC(=O)CCc6ccccc6)cc5)cc(=O)c4cc3[nH]2)cc1. The Morgan fingerprint density at radius 1 is 0.480 bits per heavy atom. The minimum Gasteiger partial charge on any atom is -0.427 e. The number of carbonyl (C=O) groups is 2. The van der Waals surface area contributed by atoms with Gasteiger partial charge in [-0.2, -0.15) is 0 Å². The molecule has 2 heterocycles. The van der Waals surface area contributed by atoms with Gasteiger partial charge in [-0.1, -0.05) is 60.7 Å². The average molecular weight is 661 g/mol. The Hall–Kier alpha value is -6.54. The van der Waals surface area contributed by atoms with Gasteiger partial charge in [0.25, 0.3) is 0 Å². The third-order valence-corrected chi connectivity index (χ3v) is 8.49. The molecule has 0 amide bonds. The van der Waals surface area contributed by atoms with Gasteiger partial charge in [-0.3, -0.25) is 19.2 Å². The molecule has 0 radical (unpaired) electrons. The molecular formula is C42H32N2O6. The number of ether oxygens (including phenoxy) is 2. The van der Waals surface area contributed by atoms with Crippen LogP contribution in [0.3, 0.4) is 0 Å². The highest BCUT2D eigenvalue weighted by molar-refractivity contribution is 5.96. The van der Waals surface area contributed by atoms with E-state index in [2.05, 4.69) is 9.97 Å². The molecule has 0 spiro atoms. The summed E-state index contributed by atoms with van der Waals surface area (Å²) in [4.78, 5) is 57.9. The van der Waals surface area contributed by atoms with Gasteiger partial charge in [-0.25, -0.2) is 0 Å². The minimum atomic E-state index is -0.325.